The Kier molecular flexibility index (Phi) is 4.20. The Morgan fingerprint density at radius 1 is 1.35 bits per heavy atom. The molecule has 26 heavy (non-hydrogen) atoms. The third-order valence-corrected chi connectivity index (χ3v) is 4.74. The molecule has 1 aliphatic heterocycles. The molecule has 1 aliphatic rings. The van der Waals surface area contributed by atoms with Crippen LogP contribution in [0.4, 0.5) is 5.82 Å². The van der Waals surface area contributed by atoms with Gasteiger partial charge in [-0.3, -0.25) is 14.2 Å². The summed E-state index contributed by atoms with van der Waals surface area (Å²) < 4.78 is 9.23. The van der Waals surface area contributed by atoms with E-state index in [1.165, 1.54) is 0 Å². The number of carbonyl (C=O) groups is 1. The molecular weight excluding hydrogens is 330 g/mol. The number of fused-ring (bicyclic) bond motifs is 1. The Morgan fingerprint density at radius 3 is 2.96 bits per heavy atom. The standard InChI is InChI=1S/C19H21N5O2/c1-3-23-12-16-15(10-18(25)21-19(16)22-23)13-5-6-17(26-2)14(9-13)11-24-8-4-7-20-24/h4-9,12,15H,3,10-11H2,1-2H3,(H,21,22,25). The third-order valence-electron chi connectivity index (χ3n) is 4.74. The summed E-state index contributed by atoms with van der Waals surface area (Å²) in [6, 6.07) is 8.00. The molecule has 0 fully saturated rings. The molecule has 2 aromatic heterocycles. The Hall–Kier alpha value is -3.09. The highest BCUT2D eigenvalue weighted by atomic mass is 16.5. The van der Waals surface area contributed by atoms with Crippen molar-refractivity contribution in [3.05, 3.63) is 59.5 Å². The smallest absolute Gasteiger partial charge is 0.226 e. The van der Waals surface area contributed by atoms with Crippen LogP contribution < -0.4 is 10.1 Å². The van der Waals surface area contributed by atoms with Gasteiger partial charge >= 0.3 is 0 Å². The Bertz CT molecular complexity index is 930. The van der Waals surface area contributed by atoms with Gasteiger partial charge in [-0.05, 0) is 30.7 Å². The minimum atomic E-state index is -0.0127. The number of hydrogen-bond donors (Lipinski definition) is 1. The van der Waals surface area contributed by atoms with Gasteiger partial charge in [0.1, 0.15) is 5.75 Å². The zero-order valence-electron chi connectivity index (χ0n) is 14.8. The maximum absolute atomic E-state index is 12.2. The quantitative estimate of drug-likeness (QED) is 0.767. The van der Waals surface area contributed by atoms with Gasteiger partial charge in [-0.25, -0.2) is 0 Å². The molecule has 7 nitrogen and oxygen atoms in total. The van der Waals surface area contributed by atoms with Gasteiger partial charge in [0.05, 0.1) is 13.7 Å². The number of nitrogens with zero attached hydrogens (tertiary/aromatic N) is 4. The second-order valence-electron chi connectivity index (χ2n) is 6.37. The second kappa shape index (κ2) is 6.67. The Balaban J connectivity index is 1.73. The predicted octanol–water partition coefficient (Wildman–Crippen LogP) is 2.63. The molecule has 1 unspecified atom stereocenters. The van der Waals surface area contributed by atoms with Crippen LogP contribution >= 0.6 is 0 Å². The maximum Gasteiger partial charge on any atom is 0.226 e. The number of benzene rings is 1. The summed E-state index contributed by atoms with van der Waals surface area (Å²) in [5, 5.41) is 11.6. The van der Waals surface area contributed by atoms with Gasteiger partial charge in [0, 0.05) is 48.6 Å². The topological polar surface area (TPSA) is 74.0 Å². The number of hydrogen-bond acceptors (Lipinski definition) is 4. The highest BCUT2D eigenvalue weighted by Gasteiger charge is 2.29. The van der Waals surface area contributed by atoms with Gasteiger partial charge < -0.3 is 10.1 Å². The number of ether oxygens (including phenoxy) is 1. The first-order chi connectivity index (χ1) is 12.7. The normalized spacial score (nSPS) is 16.2. The minimum absolute atomic E-state index is 0.00621. The van der Waals surface area contributed by atoms with Crippen LogP contribution in [-0.2, 0) is 17.9 Å². The van der Waals surface area contributed by atoms with Crippen molar-refractivity contribution in [2.45, 2.75) is 32.4 Å². The molecule has 3 aromatic rings. The van der Waals surface area contributed by atoms with E-state index >= 15 is 0 Å². The van der Waals surface area contributed by atoms with Gasteiger partial charge in [-0.2, -0.15) is 10.2 Å². The van der Waals surface area contributed by atoms with Gasteiger partial charge in [0.15, 0.2) is 5.82 Å². The fraction of sp³-hybridized carbons (Fsp3) is 0.316. The molecule has 134 valence electrons. The first-order valence-corrected chi connectivity index (χ1v) is 8.69. The molecular formula is C19H21N5O2. The molecule has 1 atom stereocenters. The molecule has 0 saturated carbocycles. The van der Waals surface area contributed by atoms with E-state index in [0.717, 1.165) is 29.0 Å². The summed E-state index contributed by atoms with van der Waals surface area (Å²) in [5.74, 6) is 1.46. The lowest BCUT2D eigenvalue weighted by Gasteiger charge is -2.23. The SMILES string of the molecule is CCn1cc2c(n1)NC(=O)CC2c1ccc(OC)c(Cn2cccn2)c1. The summed E-state index contributed by atoms with van der Waals surface area (Å²) >= 11 is 0. The molecule has 0 saturated heterocycles. The predicted molar refractivity (Wildman–Crippen MR) is 97.3 cm³/mol. The van der Waals surface area contributed by atoms with E-state index in [1.54, 1.807) is 13.3 Å². The van der Waals surface area contributed by atoms with E-state index in [1.807, 2.05) is 46.9 Å². The van der Waals surface area contributed by atoms with Crippen LogP contribution in [0.25, 0.3) is 0 Å². The lowest BCUT2D eigenvalue weighted by Crippen LogP contribution is -2.23. The monoisotopic (exact) mass is 351 g/mol. The van der Waals surface area contributed by atoms with Crippen molar-refractivity contribution >= 4 is 11.7 Å². The number of rotatable bonds is 5. The lowest BCUT2D eigenvalue weighted by atomic mass is 9.86. The van der Waals surface area contributed by atoms with Crippen molar-refractivity contribution in [3.8, 4) is 5.75 Å². The fourth-order valence-corrected chi connectivity index (χ4v) is 3.43. The van der Waals surface area contributed by atoms with Gasteiger partial charge in [-0.1, -0.05) is 6.07 Å². The van der Waals surface area contributed by atoms with Crippen LogP contribution in [0.2, 0.25) is 0 Å². The minimum Gasteiger partial charge on any atom is -0.496 e. The summed E-state index contributed by atoms with van der Waals surface area (Å²) in [6.45, 7) is 3.41. The third kappa shape index (κ3) is 2.96. The van der Waals surface area contributed by atoms with Crippen molar-refractivity contribution in [3.63, 3.8) is 0 Å². The number of aromatic nitrogens is 4. The number of carbonyl (C=O) groups excluding carboxylic acids is 1. The first-order valence-electron chi connectivity index (χ1n) is 8.69. The van der Waals surface area contributed by atoms with Crippen LogP contribution in [0, 0.1) is 0 Å². The molecule has 7 heteroatoms. The molecule has 1 aromatic carbocycles. The van der Waals surface area contributed by atoms with Crippen LogP contribution in [0.15, 0.2) is 42.9 Å². The average Bonchev–Trinajstić information content (AvgIpc) is 3.30. The lowest BCUT2D eigenvalue weighted by molar-refractivity contribution is -0.116. The fourth-order valence-electron chi connectivity index (χ4n) is 3.43. The maximum atomic E-state index is 12.2. The van der Waals surface area contributed by atoms with Crippen molar-refractivity contribution < 1.29 is 9.53 Å². The van der Waals surface area contributed by atoms with Crippen molar-refractivity contribution in [2.75, 3.05) is 12.4 Å². The van der Waals surface area contributed by atoms with E-state index in [0.29, 0.717) is 18.8 Å². The number of anilines is 1. The molecule has 0 aliphatic carbocycles. The molecule has 0 radical (unpaired) electrons. The largest absolute Gasteiger partial charge is 0.496 e. The van der Waals surface area contributed by atoms with Crippen LogP contribution in [0.5, 0.6) is 5.75 Å². The second-order valence-corrected chi connectivity index (χ2v) is 6.37. The molecule has 4 rings (SSSR count). The summed E-state index contributed by atoms with van der Waals surface area (Å²) in [5.41, 5.74) is 3.17. The van der Waals surface area contributed by atoms with E-state index in [2.05, 4.69) is 21.6 Å². The van der Waals surface area contributed by atoms with Crippen molar-refractivity contribution in [1.29, 1.82) is 0 Å². The van der Waals surface area contributed by atoms with Crippen LogP contribution in [0.1, 0.15) is 36.0 Å². The van der Waals surface area contributed by atoms with Crippen LogP contribution in [-0.4, -0.2) is 32.6 Å². The van der Waals surface area contributed by atoms with Gasteiger partial charge in [0.2, 0.25) is 5.91 Å². The van der Waals surface area contributed by atoms with Crippen LogP contribution in [0.3, 0.4) is 0 Å². The van der Waals surface area contributed by atoms with E-state index in [9.17, 15) is 4.79 Å². The first kappa shape index (κ1) is 16.4. The van der Waals surface area contributed by atoms with E-state index < -0.39 is 0 Å². The van der Waals surface area contributed by atoms with Gasteiger partial charge in [-0.15, -0.1) is 0 Å². The van der Waals surface area contributed by atoms with Crippen molar-refractivity contribution in [1.82, 2.24) is 19.6 Å². The van der Waals surface area contributed by atoms with Crippen molar-refractivity contribution in [2.24, 2.45) is 0 Å². The molecule has 0 spiro atoms. The number of nitrogens with one attached hydrogen (secondary N) is 1. The molecule has 1 N–H and O–H groups in total. The zero-order valence-corrected chi connectivity index (χ0v) is 14.8. The summed E-state index contributed by atoms with van der Waals surface area (Å²) in [7, 11) is 1.67. The highest BCUT2D eigenvalue weighted by Crippen LogP contribution is 2.38. The highest BCUT2D eigenvalue weighted by molar-refractivity contribution is 5.94. The zero-order chi connectivity index (χ0) is 18.1. The Labute approximate surface area is 151 Å². The van der Waals surface area contributed by atoms with Gasteiger partial charge in [0.25, 0.3) is 0 Å². The number of aryl methyl sites for hydroxylation is 1. The number of methoxy groups -OCH3 is 1. The molecule has 3 heterocycles. The molecule has 0 bridgehead atoms. The summed E-state index contributed by atoms with van der Waals surface area (Å²) in [6.07, 6.45) is 6.11. The number of amides is 1. The van der Waals surface area contributed by atoms with E-state index in [-0.39, 0.29) is 11.8 Å². The average molecular weight is 351 g/mol. The van der Waals surface area contributed by atoms with E-state index in [4.69, 9.17) is 4.74 Å². The molecule has 1 amide bonds. The Morgan fingerprint density at radius 2 is 2.23 bits per heavy atom. The summed E-state index contributed by atoms with van der Waals surface area (Å²) in [4.78, 5) is 12.2.